The topological polar surface area (TPSA) is 81.8 Å². The van der Waals surface area contributed by atoms with Crippen LogP contribution in [0.3, 0.4) is 0 Å². The number of likely N-dealkylation sites (N-methyl/N-ethyl adjacent to an activating group) is 1. The second-order valence-electron chi connectivity index (χ2n) is 6.36. The summed E-state index contributed by atoms with van der Waals surface area (Å²) in [6, 6.07) is 1.49. The van der Waals surface area contributed by atoms with Gasteiger partial charge in [-0.15, -0.1) is 0 Å². The summed E-state index contributed by atoms with van der Waals surface area (Å²) in [5.74, 6) is -0.321. The summed E-state index contributed by atoms with van der Waals surface area (Å²) in [6.45, 7) is 0.317. The minimum absolute atomic E-state index is 0.0285. The highest BCUT2D eigenvalue weighted by Gasteiger charge is 2.43. The maximum absolute atomic E-state index is 12.8. The van der Waals surface area contributed by atoms with Gasteiger partial charge in [0.1, 0.15) is 6.54 Å². The zero-order valence-corrected chi connectivity index (χ0v) is 14.1. The van der Waals surface area contributed by atoms with Gasteiger partial charge in [-0.2, -0.15) is 11.3 Å². The molecule has 3 heterocycles. The molecule has 1 saturated carbocycles. The smallest absolute Gasteiger partial charge is 0.322 e. The zero-order chi connectivity index (χ0) is 16.8. The fourth-order valence-corrected chi connectivity index (χ4v) is 3.80. The van der Waals surface area contributed by atoms with Crippen LogP contribution in [0.15, 0.2) is 28.1 Å². The van der Waals surface area contributed by atoms with Crippen molar-refractivity contribution >= 4 is 29.2 Å². The third-order valence-corrected chi connectivity index (χ3v) is 5.29. The van der Waals surface area contributed by atoms with Gasteiger partial charge in [-0.05, 0) is 35.2 Å². The molecule has 7 nitrogen and oxygen atoms in total. The predicted octanol–water partition coefficient (Wildman–Crippen LogP) is 0.819. The van der Waals surface area contributed by atoms with Gasteiger partial charge in [-0.1, -0.05) is 0 Å². The van der Waals surface area contributed by atoms with Gasteiger partial charge in [0.15, 0.2) is 0 Å². The second kappa shape index (κ2) is 5.62. The van der Waals surface area contributed by atoms with Gasteiger partial charge in [0, 0.05) is 13.1 Å². The van der Waals surface area contributed by atoms with Crippen LogP contribution in [-0.4, -0.2) is 53.8 Å². The molecule has 8 heteroatoms. The number of hydrogen-bond acceptors (Lipinski definition) is 4. The van der Waals surface area contributed by atoms with Gasteiger partial charge in [-0.3, -0.25) is 14.5 Å². The van der Waals surface area contributed by atoms with Crippen molar-refractivity contribution in [1.29, 1.82) is 0 Å². The molecule has 3 aliphatic rings. The molecule has 4 rings (SSSR count). The molecule has 1 unspecified atom stereocenters. The monoisotopic (exact) mass is 346 g/mol. The molecule has 2 N–H and O–H groups in total. The molecular weight excluding hydrogens is 328 g/mol. The average Bonchev–Trinajstić information content (AvgIpc) is 3.08. The van der Waals surface area contributed by atoms with Crippen LogP contribution in [0.2, 0.25) is 0 Å². The molecule has 126 valence electrons. The maximum Gasteiger partial charge on any atom is 0.322 e. The Morgan fingerprint density at radius 1 is 1.42 bits per heavy atom. The molecule has 1 atom stereocenters. The van der Waals surface area contributed by atoms with Gasteiger partial charge in [0.25, 0.3) is 5.91 Å². The van der Waals surface area contributed by atoms with Crippen molar-refractivity contribution in [1.82, 2.24) is 20.4 Å². The highest BCUT2D eigenvalue weighted by Crippen LogP contribution is 2.36. The van der Waals surface area contributed by atoms with Gasteiger partial charge in [0.05, 0.1) is 23.9 Å². The molecule has 0 bridgehead atoms. The lowest BCUT2D eigenvalue weighted by Gasteiger charge is -2.30. The highest BCUT2D eigenvalue weighted by atomic mass is 32.1. The summed E-state index contributed by atoms with van der Waals surface area (Å²) < 4.78 is 0. The summed E-state index contributed by atoms with van der Waals surface area (Å²) in [7, 11) is 1.65. The Bertz CT molecular complexity index is 739. The van der Waals surface area contributed by atoms with Crippen LogP contribution >= 0.6 is 11.3 Å². The maximum atomic E-state index is 12.8. The van der Waals surface area contributed by atoms with Crippen LogP contribution in [0.5, 0.6) is 0 Å². The Kier molecular flexibility index (Phi) is 3.56. The van der Waals surface area contributed by atoms with Crippen LogP contribution in [0, 0.1) is 0 Å². The van der Waals surface area contributed by atoms with E-state index in [2.05, 4.69) is 10.6 Å². The quantitative estimate of drug-likeness (QED) is 0.847. The number of rotatable bonds is 4. The lowest BCUT2D eigenvalue weighted by atomic mass is 9.98. The van der Waals surface area contributed by atoms with E-state index in [1.165, 1.54) is 21.1 Å². The van der Waals surface area contributed by atoms with Crippen LogP contribution < -0.4 is 10.6 Å². The zero-order valence-electron chi connectivity index (χ0n) is 13.2. The largest absolute Gasteiger partial charge is 0.352 e. The predicted molar refractivity (Wildman–Crippen MR) is 88.1 cm³/mol. The Morgan fingerprint density at radius 3 is 2.88 bits per heavy atom. The van der Waals surface area contributed by atoms with Crippen molar-refractivity contribution in [2.45, 2.75) is 24.9 Å². The van der Waals surface area contributed by atoms with Gasteiger partial charge in [0.2, 0.25) is 5.91 Å². The third kappa shape index (κ3) is 2.56. The molecule has 0 aromatic carbocycles. The number of nitrogens with zero attached hydrogens (tertiary/aromatic N) is 2. The van der Waals surface area contributed by atoms with E-state index in [1.54, 1.807) is 7.05 Å². The molecule has 1 aromatic rings. The van der Waals surface area contributed by atoms with Crippen molar-refractivity contribution in [2.24, 2.45) is 0 Å². The SMILES string of the molecule is CN1C(=O)NC(c2ccsc2)C2=C1CN(CC(=O)NC1CC1)C2=O. The number of nitrogens with one attached hydrogen (secondary N) is 2. The minimum atomic E-state index is -0.445. The number of carbonyl (C=O) groups excluding carboxylic acids is 3. The Labute approximate surface area is 143 Å². The standard InChI is InChI=1S/C16H18N4O3S/c1-19-11-6-20(7-12(21)17-10-2-3-10)15(22)13(11)14(18-16(19)23)9-4-5-24-8-9/h4-5,8,10,14H,2-3,6-7H2,1H3,(H,17,21)(H,18,23). The summed E-state index contributed by atoms with van der Waals surface area (Å²) in [5, 5.41) is 9.61. The average molecular weight is 346 g/mol. The first-order valence-corrected chi connectivity index (χ1v) is 8.87. The molecule has 1 fully saturated rings. The van der Waals surface area contributed by atoms with E-state index in [0.717, 1.165) is 18.4 Å². The lowest BCUT2D eigenvalue weighted by molar-refractivity contribution is -0.132. The van der Waals surface area contributed by atoms with E-state index < -0.39 is 6.04 Å². The molecule has 24 heavy (non-hydrogen) atoms. The van der Waals surface area contributed by atoms with Crippen molar-refractivity contribution in [3.05, 3.63) is 33.7 Å². The normalized spacial score (nSPS) is 23.5. The minimum Gasteiger partial charge on any atom is -0.352 e. The molecular formula is C16H18N4O3S. The first kappa shape index (κ1) is 15.2. The number of hydrogen-bond donors (Lipinski definition) is 2. The highest BCUT2D eigenvalue weighted by molar-refractivity contribution is 7.08. The van der Waals surface area contributed by atoms with Gasteiger partial charge >= 0.3 is 6.03 Å². The second-order valence-corrected chi connectivity index (χ2v) is 7.14. The van der Waals surface area contributed by atoms with E-state index >= 15 is 0 Å². The van der Waals surface area contributed by atoms with Crippen molar-refractivity contribution < 1.29 is 14.4 Å². The first-order valence-electron chi connectivity index (χ1n) is 7.92. The summed E-state index contributed by atoms with van der Waals surface area (Å²) >= 11 is 1.52. The number of thiophene rings is 1. The molecule has 0 radical (unpaired) electrons. The Hall–Kier alpha value is -2.35. The van der Waals surface area contributed by atoms with Crippen molar-refractivity contribution in [3.63, 3.8) is 0 Å². The van der Waals surface area contributed by atoms with E-state index in [-0.39, 0.29) is 37.0 Å². The van der Waals surface area contributed by atoms with Crippen LogP contribution in [0.25, 0.3) is 0 Å². The molecule has 4 amide bonds. The van der Waals surface area contributed by atoms with E-state index in [9.17, 15) is 14.4 Å². The summed E-state index contributed by atoms with van der Waals surface area (Å²) in [4.78, 5) is 40.1. The molecule has 1 aromatic heterocycles. The Morgan fingerprint density at radius 2 is 2.21 bits per heavy atom. The van der Waals surface area contributed by atoms with Gasteiger partial charge in [-0.25, -0.2) is 4.79 Å². The van der Waals surface area contributed by atoms with Crippen LogP contribution in [0.1, 0.15) is 24.4 Å². The van der Waals surface area contributed by atoms with E-state index in [1.807, 2.05) is 16.8 Å². The molecule has 0 spiro atoms. The fraction of sp³-hybridized carbons (Fsp3) is 0.438. The fourth-order valence-electron chi connectivity index (χ4n) is 3.11. The molecule has 1 aliphatic carbocycles. The number of carbonyl (C=O) groups is 3. The van der Waals surface area contributed by atoms with Crippen LogP contribution in [-0.2, 0) is 9.59 Å². The molecule has 2 aliphatic heterocycles. The van der Waals surface area contributed by atoms with Crippen LogP contribution in [0.4, 0.5) is 4.79 Å². The number of amides is 4. The van der Waals surface area contributed by atoms with Gasteiger partial charge < -0.3 is 15.5 Å². The van der Waals surface area contributed by atoms with Crippen molar-refractivity contribution in [2.75, 3.05) is 20.1 Å². The lowest BCUT2D eigenvalue weighted by Crippen LogP contribution is -2.45. The van der Waals surface area contributed by atoms with Crippen molar-refractivity contribution in [3.8, 4) is 0 Å². The molecule has 0 saturated heterocycles. The Balaban J connectivity index is 1.58. The van der Waals surface area contributed by atoms with E-state index in [4.69, 9.17) is 0 Å². The summed E-state index contributed by atoms with van der Waals surface area (Å²) in [6.07, 6.45) is 2.02. The summed E-state index contributed by atoms with van der Waals surface area (Å²) in [5.41, 5.74) is 2.14. The first-order chi connectivity index (χ1) is 11.5. The number of urea groups is 1. The third-order valence-electron chi connectivity index (χ3n) is 4.59. The van der Waals surface area contributed by atoms with E-state index in [0.29, 0.717) is 11.3 Å².